The minimum Gasteiger partial charge on any atom is -0.468 e. The van der Waals surface area contributed by atoms with E-state index in [1.165, 1.54) is 13.8 Å². The highest BCUT2D eigenvalue weighted by atomic mass is 32.7. The molecule has 2 rings (SSSR count). The van der Waals surface area contributed by atoms with Gasteiger partial charge in [0.25, 0.3) is 0 Å². The van der Waals surface area contributed by atoms with Gasteiger partial charge in [-0.25, -0.2) is 5.09 Å². The third-order valence-corrected chi connectivity index (χ3v) is 9.02. The van der Waals surface area contributed by atoms with Crippen LogP contribution in [0.4, 0.5) is 0 Å². The van der Waals surface area contributed by atoms with Gasteiger partial charge in [-0.2, -0.15) is 0 Å². The maximum absolute atomic E-state index is 13.4. The molecule has 0 saturated carbocycles. The van der Waals surface area contributed by atoms with Crippen LogP contribution in [-0.4, -0.2) is 94.4 Å². The molecule has 2 heterocycles. The zero-order chi connectivity index (χ0) is 26.6. The molecule has 13 nitrogen and oxygen atoms in total. The van der Waals surface area contributed by atoms with Gasteiger partial charge < -0.3 is 28.9 Å². The Morgan fingerprint density at radius 2 is 2.03 bits per heavy atom. The molecule has 1 saturated heterocycles. The summed E-state index contributed by atoms with van der Waals surface area (Å²) in [5.74, 6) is -2.81. The predicted octanol–water partition coefficient (Wildman–Crippen LogP) is 0.0989. The zero-order valence-corrected chi connectivity index (χ0v) is 21.7. The fraction of sp³-hybridized carbons (Fsp3) is 0.700. The topological polar surface area (TPSA) is 178 Å². The van der Waals surface area contributed by atoms with Gasteiger partial charge in [-0.3, -0.25) is 28.6 Å². The number of hydrogen-bond acceptors (Lipinski definition) is 12. The molecule has 35 heavy (non-hydrogen) atoms. The summed E-state index contributed by atoms with van der Waals surface area (Å²) >= 11 is 0.562. The number of carbonyl (C=O) groups is 4. The summed E-state index contributed by atoms with van der Waals surface area (Å²) in [7, 11) is 1.15. The SMILES string of the molecule is COC(=O)CSP(=O)(N[C@H](C)C(=O)OC(C)C)OC[C@H]1O[C@@H](N2C=CC(=O)CC2=O)[C@](C)(O)[C@@H]1O. The highest BCUT2D eigenvalue weighted by Gasteiger charge is 2.56. The molecule has 1 unspecified atom stereocenters. The van der Waals surface area contributed by atoms with E-state index in [9.17, 15) is 34.0 Å². The smallest absolute Gasteiger partial charge is 0.327 e. The predicted molar refractivity (Wildman–Crippen MR) is 123 cm³/mol. The van der Waals surface area contributed by atoms with E-state index in [-0.39, 0.29) is 5.75 Å². The van der Waals surface area contributed by atoms with Crippen molar-refractivity contribution < 1.29 is 52.7 Å². The van der Waals surface area contributed by atoms with Gasteiger partial charge in [0.2, 0.25) is 5.91 Å². The Kier molecular flexibility index (Phi) is 10.1. The van der Waals surface area contributed by atoms with Gasteiger partial charge in [0.05, 0.1) is 26.2 Å². The van der Waals surface area contributed by atoms with E-state index in [0.29, 0.717) is 11.4 Å². The molecule has 2 aliphatic rings. The van der Waals surface area contributed by atoms with Crippen LogP contribution >= 0.6 is 18.1 Å². The van der Waals surface area contributed by atoms with Gasteiger partial charge in [0.1, 0.15) is 29.6 Å². The number of hydrogen-bond donors (Lipinski definition) is 3. The van der Waals surface area contributed by atoms with Crippen LogP contribution in [0, 0.1) is 0 Å². The number of rotatable bonds is 11. The number of aliphatic hydroxyl groups excluding tert-OH is 1. The van der Waals surface area contributed by atoms with E-state index in [1.807, 2.05) is 0 Å². The molecule has 0 aromatic carbocycles. The van der Waals surface area contributed by atoms with Gasteiger partial charge in [-0.05, 0) is 45.2 Å². The van der Waals surface area contributed by atoms with Crippen LogP contribution in [0.25, 0.3) is 0 Å². The Morgan fingerprint density at radius 3 is 2.60 bits per heavy atom. The standard InChI is InChI=1S/C20H31N2O11PS/c1-11(2)32-18(27)12(3)21-34(29,35-10-16(25)30-5)31-9-14-17(26)20(4,28)19(33-14)22-7-6-13(23)8-15(22)24/h6-7,11-12,14,17,19,26,28H,8-10H2,1-5H3,(H,21,29)/t12-,14-,17-,19-,20-,34?/m1/s1. The Labute approximate surface area is 206 Å². The average molecular weight is 539 g/mol. The van der Waals surface area contributed by atoms with Gasteiger partial charge in [-0.1, -0.05) is 0 Å². The molecule has 1 fully saturated rings. The Bertz CT molecular complexity index is 910. The summed E-state index contributed by atoms with van der Waals surface area (Å²) in [4.78, 5) is 48.5. The molecule has 2 aliphatic heterocycles. The largest absolute Gasteiger partial charge is 0.468 e. The van der Waals surface area contributed by atoms with Crippen molar-refractivity contribution in [1.82, 2.24) is 9.99 Å². The summed E-state index contributed by atoms with van der Waals surface area (Å²) in [6, 6.07) is -1.08. The summed E-state index contributed by atoms with van der Waals surface area (Å²) in [6.45, 7) is 1.41. The van der Waals surface area contributed by atoms with E-state index in [1.54, 1.807) is 13.8 Å². The first-order valence-corrected chi connectivity index (χ1v) is 13.9. The molecule has 198 valence electrons. The molecule has 3 N–H and O–H groups in total. The zero-order valence-electron chi connectivity index (χ0n) is 20.0. The van der Waals surface area contributed by atoms with Crippen molar-refractivity contribution in [1.29, 1.82) is 0 Å². The maximum atomic E-state index is 13.4. The van der Waals surface area contributed by atoms with Crippen molar-refractivity contribution in [3.05, 3.63) is 12.3 Å². The molecule has 6 atom stereocenters. The third-order valence-electron chi connectivity index (χ3n) is 5.09. The van der Waals surface area contributed by atoms with Crippen molar-refractivity contribution in [2.45, 2.75) is 70.3 Å². The first-order chi connectivity index (χ1) is 16.2. The van der Waals surface area contributed by atoms with E-state index in [2.05, 4.69) is 9.82 Å². The summed E-state index contributed by atoms with van der Waals surface area (Å²) in [5.41, 5.74) is -1.96. The number of nitrogens with zero attached hydrogens (tertiary/aromatic N) is 1. The third kappa shape index (κ3) is 7.59. The van der Waals surface area contributed by atoms with Crippen molar-refractivity contribution >= 4 is 41.7 Å². The van der Waals surface area contributed by atoms with E-state index in [0.717, 1.165) is 24.3 Å². The number of amides is 1. The number of allylic oxidation sites excluding steroid dienone is 1. The Morgan fingerprint density at radius 1 is 1.37 bits per heavy atom. The minimum absolute atomic E-state index is 0.373. The molecular formula is C20H31N2O11PS. The summed E-state index contributed by atoms with van der Waals surface area (Å²) < 4.78 is 34.2. The molecule has 15 heteroatoms. The van der Waals surface area contributed by atoms with Gasteiger partial charge in [0.15, 0.2) is 12.0 Å². The van der Waals surface area contributed by atoms with Crippen LogP contribution in [0.1, 0.15) is 34.1 Å². The fourth-order valence-corrected chi connectivity index (χ4v) is 6.71. The lowest BCUT2D eigenvalue weighted by atomic mass is 9.95. The molecule has 0 spiro atoms. The molecule has 0 aromatic heterocycles. The lowest BCUT2D eigenvalue weighted by Gasteiger charge is -2.34. The minimum atomic E-state index is -3.98. The van der Waals surface area contributed by atoms with Crippen LogP contribution < -0.4 is 5.09 Å². The van der Waals surface area contributed by atoms with Gasteiger partial charge in [-0.15, -0.1) is 0 Å². The normalized spacial score (nSPS) is 29.3. The van der Waals surface area contributed by atoms with Crippen LogP contribution in [-0.2, 0) is 42.5 Å². The number of ether oxygens (including phenoxy) is 3. The first kappa shape index (κ1) is 29.4. The van der Waals surface area contributed by atoms with Crippen LogP contribution in [0.15, 0.2) is 12.3 Å². The number of carbonyl (C=O) groups excluding carboxylic acids is 4. The lowest BCUT2D eigenvalue weighted by molar-refractivity contribution is -0.158. The average Bonchev–Trinajstić information content (AvgIpc) is 2.99. The molecule has 1 amide bonds. The Hall–Kier alpha value is -1.80. The molecule has 0 aliphatic carbocycles. The monoisotopic (exact) mass is 538 g/mol. The van der Waals surface area contributed by atoms with Crippen LogP contribution in [0.2, 0.25) is 0 Å². The maximum Gasteiger partial charge on any atom is 0.327 e. The van der Waals surface area contributed by atoms with Gasteiger partial charge >= 0.3 is 18.7 Å². The van der Waals surface area contributed by atoms with E-state index < -0.39 is 79.6 Å². The highest BCUT2D eigenvalue weighted by molar-refractivity contribution is 8.56. The second kappa shape index (κ2) is 12.0. The van der Waals surface area contributed by atoms with Crippen molar-refractivity contribution in [3.8, 4) is 0 Å². The number of nitrogens with one attached hydrogen (secondary N) is 1. The lowest BCUT2D eigenvalue weighted by Crippen LogP contribution is -2.54. The second-order valence-electron chi connectivity index (χ2n) is 8.44. The Balaban J connectivity index is 2.15. The van der Waals surface area contributed by atoms with Crippen molar-refractivity contribution in [2.24, 2.45) is 0 Å². The quantitative estimate of drug-likeness (QED) is 0.183. The summed E-state index contributed by atoms with van der Waals surface area (Å²) in [6.07, 6.45) is -2.71. The van der Waals surface area contributed by atoms with Crippen molar-refractivity contribution in [3.63, 3.8) is 0 Å². The van der Waals surface area contributed by atoms with Crippen LogP contribution in [0.5, 0.6) is 0 Å². The molecular weight excluding hydrogens is 507 g/mol. The van der Waals surface area contributed by atoms with Crippen molar-refractivity contribution in [2.75, 3.05) is 19.5 Å². The summed E-state index contributed by atoms with van der Waals surface area (Å²) in [5, 5.41) is 24.0. The molecule has 0 aromatic rings. The fourth-order valence-electron chi connectivity index (χ4n) is 3.24. The number of aliphatic hydroxyl groups is 2. The second-order valence-corrected chi connectivity index (χ2v) is 12.7. The molecule has 0 radical (unpaired) electrons. The van der Waals surface area contributed by atoms with E-state index in [4.69, 9.17) is 14.0 Å². The number of ketones is 1. The van der Waals surface area contributed by atoms with E-state index >= 15 is 0 Å². The van der Waals surface area contributed by atoms with Gasteiger partial charge in [0, 0.05) is 6.20 Å². The first-order valence-electron chi connectivity index (χ1n) is 10.7. The number of methoxy groups -OCH3 is 1. The molecule has 0 bridgehead atoms. The highest BCUT2D eigenvalue weighted by Crippen LogP contribution is 2.56. The number of esters is 2. The van der Waals surface area contributed by atoms with Crippen LogP contribution in [0.3, 0.4) is 0 Å².